The maximum atomic E-state index is 14.1. The van der Waals surface area contributed by atoms with Crippen molar-refractivity contribution in [3.8, 4) is 11.5 Å². The van der Waals surface area contributed by atoms with E-state index in [2.05, 4.69) is 19.2 Å². The molecule has 0 amide bonds. The molecule has 0 spiro atoms. The molecule has 1 aliphatic carbocycles. The standard InChI is InChI=1S/C36H37NO7/c1-6-8-9-20-21-11-16(3)24(17(4)40)33-32-27(21)30-25(18(14-38)12-22(41)28(30)34(20)37-10-7-2)26-19(15-39)13-23(42)29(31(26)32)35(43)36(33)44-5/h11-13,24,37-39,43H,6-10,14-15H2,1-5H3. The summed E-state index contributed by atoms with van der Waals surface area (Å²) in [7, 11) is 1.40. The first-order chi connectivity index (χ1) is 21.2. The zero-order valence-corrected chi connectivity index (χ0v) is 25.7. The zero-order valence-electron chi connectivity index (χ0n) is 25.7. The second-order valence-corrected chi connectivity index (χ2v) is 11.9. The molecule has 5 aromatic rings. The maximum Gasteiger partial charge on any atom is 0.190 e. The van der Waals surface area contributed by atoms with Crippen molar-refractivity contribution in [2.45, 2.75) is 72.5 Å². The summed E-state index contributed by atoms with van der Waals surface area (Å²) in [6.45, 7) is 7.22. The number of Topliss-reactive ketones (excluding diaryl/α,β-unsaturated/α-hetero) is 1. The van der Waals surface area contributed by atoms with Gasteiger partial charge < -0.3 is 25.4 Å². The Balaban J connectivity index is 2.13. The lowest BCUT2D eigenvalue weighted by Gasteiger charge is -2.26. The van der Waals surface area contributed by atoms with Gasteiger partial charge in [0.2, 0.25) is 0 Å². The minimum Gasteiger partial charge on any atom is -0.504 e. The van der Waals surface area contributed by atoms with Gasteiger partial charge in [-0.3, -0.25) is 14.4 Å². The third-order valence-corrected chi connectivity index (χ3v) is 9.26. The summed E-state index contributed by atoms with van der Waals surface area (Å²) in [6.07, 6.45) is 5.27. The number of phenols is 1. The van der Waals surface area contributed by atoms with Crippen LogP contribution in [0.1, 0.15) is 80.7 Å². The van der Waals surface area contributed by atoms with Crippen LogP contribution in [0.2, 0.25) is 0 Å². The van der Waals surface area contributed by atoms with Gasteiger partial charge >= 0.3 is 0 Å². The van der Waals surface area contributed by atoms with Crippen LogP contribution in [0, 0.1) is 0 Å². The first-order valence-electron chi connectivity index (χ1n) is 15.3. The number of phenolic OH excluding ortho intramolecular Hbond substituents is 1. The van der Waals surface area contributed by atoms with E-state index in [1.54, 1.807) is 0 Å². The van der Waals surface area contributed by atoms with Crippen molar-refractivity contribution < 1.29 is 24.9 Å². The molecule has 0 saturated heterocycles. The fraction of sp³-hybridized carbons (Fsp3) is 0.361. The average Bonchev–Trinajstić information content (AvgIpc) is 3.13. The van der Waals surface area contributed by atoms with Crippen LogP contribution in [0.4, 0.5) is 5.69 Å². The highest BCUT2D eigenvalue weighted by Crippen LogP contribution is 2.56. The molecule has 0 heterocycles. The van der Waals surface area contributed by atoms with Gasteiger partial charge in [0.15, 0.2) is 22.4 Å². The van der Waals surface area contributed by atoms with Crippen molar-refractivity contribution in [3.05, 3.63) is 66.0 Å². The van der Waals surface area contributed by atoms with Crippen molar-refractivity contribution in [1.82, 2.24) is 0 Å². The Morgan fingerprint density at radius 2 is 1.50 bits per heavy atom. The molecule has 8 nitrogen and oxygen atoms in total. The van der Waals surface area contributed by atoms with E-state index < -0.39 is 24.6 Å². The summed E-state index contributed by atoms with van der Waals surface area (Å²) in [5, 5.41) is 40.2. The number of nitrogens with one attached hydrogen (secondary N) is 1. The molecule has 1 aliphatic rings. The predicted octanol–water partition coefficient (Wildman–Crippen LogP) is 5.85. The van der Waals surface area contributed by atoms with Gasteiger partial charge in [0, 0.05) is 28.6 Å². The molecule has 8 heteroatoms. The van der Waals surface area contributed by atoms with E-state index in [-0.39, 0.29) is 28.1 Å². The molecule has 0 bridgehead atoms. The number of aliphatic hydroxyl groups excluding tert-OH is 2. The number of ether oxygens (including phenoxy) is 1. The fourth-order valence-electron chi connectivity index (χ4n) is 7.57. The summed E-state index contributed by atoms with van der Waals surface area (Å²) >= 11 is 0. The number of unbranched alkanes of at least 4 members (excludes halogenated alkanes) is 1. The number of methoxy groups -OCH3 is 1. The Labute approximate surface area is 254 Å². The van der Waals surface area contributed by atoms with Crippen LogP contribution in [0.5, 0.6) is 11.5 Å². The first kappa shape index (κ1) is 29.8. The molecule has 1 unspecified atom stereocenters. The number of carbonyl (C=O) groups is 1. The summed E-state index contributed by atoms with van der Waals surface area (Å²) in [6, 6.07) is 2.73. The minimum atomic E-state index is -0.807. The second kappa shape index (κ2) is 11.0. The number of rotatable bonds is 10. The Morgan fingerprint density at radius 3 is 2.05 bits per heavy atom. The monoisotopic (exact) mass is 595 g/mol. The summed E-state index contributed by atoms with van der Waals surface area (Å²) in [5.41, 5.74) is 3.59. The van der Waals surface area contributed by atoms with Gasteiger partial charge in [0.05, 0.1) is 37.0 Å². The van der Waals surface area contributed by atoms with E-state index in [1.807, 2.05) is 13.0 Å². The topological polar surface area (TPSA) is 133 Å². The van der Waals surface area contributed by atoms with Crippen LogP contribution in [0.25, 0.3) is 49.2 Å². The smallest absolute Gasteiger partial charge is 0.190 e. The summed E-state index contributed by atoms with van der Waals surface area (Å²) in [5.74, 6) is -1.32. The lowest BCUT2D eigenvalue weighted by Crippen LogP contribution is -2.15. The van der Waals surface area contributed by atoms with Gasteiger partial charge in [0.25, 0.3) is 0 Å². The largest absolute Gasteiger partial charge is 0.504 e. The number of aromatic hydroxyl groups is 1. The van der Waals surface area contributed by atoms with Crippen LogP contribution in [-0.2, 0) is 24.4 Å². The Kier molecular flexibility index (Phi) is 7.46. The number of ketones is 1. The zero-order chi connectivity index (χ0) is 31.6. The van der Waals surface area contributed by atoms with Gasteiger partial charge in [0.1, 0.15) is 5.78 Å². The quantitative estimate of drug-likeness (QED) is 0.117. The number of fused-ring (bicyclic) bond motifs is 1. The molecule has 0 fully saturated rings. The van der Waals surface area contributed by atoms with Gasteiger partial charge in [-0.05, 0) is 89.0 Å². The van der Waals surface area contributed by atoms with E-state index in [0.717, 1.165) is 41.6 Å². The third-order valence-electron chi connectivity index (χ3n) is 9.26. The molecular formula is C36H37NO7. The third kappa shape index (κ3) is 3.94. The van der Waals surface area contributed by atoms with E-state index in [4.69, 9.17) is 4.74 Å². The van der Waals surface area contributed by atoms with Gasteiger partial charge in [-0.2, -0.15) is 0 Å². The maximum absolute atomic E-state index is 14.1. The Hall–Kier alpha value is -4.27. The Morgan fingerprint density at radius 1 is 0.886 bits per heavy atom. The van der Waals surface area contributed by atoms with Crippen LogP contribution < -0.4 is 20.9 Å². The van der Waals surface area contributed by atoms with E-state index in [1.165, 1.54) is 26.2 Å². The number of hydrogen-bond donors (Lipinski definition) is 4. The molecule has 0 saturated carbocycles. The number of anilines is 1. The van der Waals surface area contributed by atoms with Crippen molar-refractivity contribution >= 4 is 60.6 Å². The van der Waals surface area contributed by atoms with Gasteiger partial charge in [-0.1, -0.05) is 31.9 Å². The van der Waals surface area contributed by atoms with Crippen LogP contribution in [0.3, 0.4) is 0 Å². The van der Waals surface area contributed by atoms with Crippen LogP contribution >= 0.6 is 0 Å². The molecule has 0 radical (unpaired) electrons. The molecule has 228 valence electrons. The first-order valence-corrected chi connectivity index (χ1v) is 15.3. The van der Waals surface area contributed by atoms with Crippen LogP contribution in [0.15, 0.2) is 27.3 Å². The number of allylic oxidation sites excluding steroid dienone is 1. The van der Waals surface area contributed by atoms with Gasteiger partial charge in [-0.15, -0.1) is 0 Å². The highest BCUT2D eigenvalue weighted by molar-refractivity contribution is 6.39. The van der Waals surface area contributed by atoms with Crippen molar-refractivity contribution in [2.75, 3.05) is 19.0 Å². The molecule has 0 aliphatic heterocycles. The normalized spacial score (nSPS) is 14.7. The van der Waals surface area contributed by atoms with Crippen molar-refractivity contribution in [2.24, 2.45) is 0 Å². The second-order valence-electron chi connectivity index (χ2n) is 11.9. The molecule has 5 aromatic carbocycles. The lowest BCUT2D eigenvalue weighted by atomic mass is 9.78. The summed E-state index contributed by atoms with van der Waals surface area (Å²) in [4.78, 5) is 41.3. The number of aliphatic hydroxyl groups is 2. The molecule has 1 atom stereocenters. The fourth-order valence-corrected chi connectivity index (χ4v) is 7.57. The highest BCUT2D eigenvalue weighted by Gasteiger charge is 2.36. The number of hydrogen-bond acceptors (Lipinski definition) is 8. The lowest BCUT2D eigenvalue weighted by molar-refractivity contribution is -0.117. The average molecular weight is 596 g/mol. The van der Waals surface area contributed by atoms with E-state index >= 15 is 0 Å². The van der Waals surface area contributed by atoms with Crippen LogP contribution in [-0.4, -0.2) is 34.8 Å². The van der Waals surface area contributed by atoms with Crippen molar-refractivity contribution in [1.29, 1.82) is 0 Å². The number of benzene rings is 5. The van der Waals surface area contributed by atoms with Gasteiger partial charge in [-0.25, -0.2) is 0 Å². The molecule has 44 heavy (non-hydrogen) atoms. The van der Waals surface area contributed by atoms with Crippen molar-refractivity contribution in [3.63, 3.8) is 0 Å². The van der Waals surface area contributed by atoms with E-state index in [0.29, 0.717) is 67.4 Å². The minimum absolute atomic E-state index is 0.0118. The molecule has 4 N–H and O–H groups in total. The number of carbonyl (C=O) groups excluding carboxylic acids is 1. The summed E-state index contributed by atoms with van der Waals surface area (Å²) < 4.78 is 5.80. The molecule has 0 aromatic heterocycles. The predicted molar refractivity (Wildman–Crippen MR) is 176 cm³/mol. The molecular weight excluding hydrogens is 558 g/mol. The highest BCUT2D eigenvalue weighted by atomic mass is 16.5. The Bertz CT molecular complexity index is 2150. The van der Waals surface area contributed by atoms with E-state index in [9.17, 15) is 29.7 Å². The SMILES string of the molecule is CCCCc1c(NCCC)c2c(=O)cc(CO)c3c4c(CO)cc(=O)c5c(O)c(OC)c6c(c(c1C=C(C)C6C(C)=O)c23)c54. The molecule has 6 rings (SSSR count).